The number of carboxylic acid groups (broad SMARTS) is 1. The van der Waals surface area contributed by atoms with Crippen molar-refractivity contribution in [1.29, 1.82) is 0 Å². The van der Waals surface area contributed by atoms with Gasteiger partial charge in [-0.3, -0.25) is 0 Å². The van der Waals surface area contributed by atoms with Gasteiger partial charge in [-0.15, -0.1) is 0 Å². The predicted octanol–water partition coefficient (Wildman–Crippen LogP) is 1.92. The fraction of sp³-hybridized carbons (Fsp3) is 0.0625. The van der Waals surface area contributed by atoms with Crippen molar-refractivity contribution in [2.75, 3.05) is 0 Å². The van der Waals surface area contributed by atoms with E-state index >= 15 is 0 Å². The van der Waals surface area contributed by atoms with E-state index in [1.54, 1.807) is 6.08 Å². The second kappa shape index (κ2) is 12.5. The molecule has 0 aliphatic rings. The van der Waals surface area contributed by atoms with Crippen molar-refractivity contribution in [3.8, 4) is 0 Å². The van der Waals surface area contributed by atoms with E-state index in [-0.39, 0.29) is 29.6 Å². The van der Waals surface area contributed by atoms with Crippen molar-refractivity contribution in [2.45, 2.75) is 6.42 Å². The summed E-state index contributed by atoms with van der Waals surface area (Å²) >= 11 is 0. The van der Waals surface area contributed by atoms with Gasteiger partial charge in [-0.1, -0.05) is 54.6 Å². The molecule has 12 heteroatoms. The summed E-state index contributed by atoms with van der Waals surface area (Å²) in [7, 11) is -10.1. The first-order valence-corrected chi connectivity index (χ1v) is 10.4. The van der Waals surface area contributed by atoms with Crippen LogP contribution in [0.25, 0.3) is 6.08 Å². The van der Waals surface area contributed by atoms with Gasteiger partial charge in [0.05, 0.1) is 0 Å². The number of carbonyl (C=O) groups is 1. The average molecular weight is 440 g/mol. The third-order valence-electron chi connectivity index (χ3n) is 2.91. The number of hydrogen-bond acceptors (Lipinski definition) is 4. The summed E-state index contributed by atoms with van der Waals surface area (Å²) in [5.74, 6) is -0.926. The van der Waals surface area contributed by atoms with E-state index in [0.29, 0.717) is 0 Å². The molecule has 2 aromatic carbocycles. The zero-order chi connectivity index (χ0) is 20.5. The molecule has 28 heavy (non-hydrogen) atoms. The standard InChI is InChI=1S/C16H14O2.Na.H4O7P2.H/c17-16(18)11-10-14-8-4-5-9-15(14)12-13-6-2-1-3-7-13;;1-8(2,3)7-9(4,5)6;/h1-11H,12H2,(H,17,18);;(H2,1,2,3)(H2,4,5,6);/b11-10+;;;. The fourth-order valence-electron chi connectivity index (χ4n) is 1.97. The summed E-state index contributed by atoms with van der Waals surface area (Å²) in [6.45, 7) is 0. The SMILES string of the molecule is O=C(O)/C=C/c1ccccc1Cc1ccccc1.O=P(O)(O)OP(=O)(O)O.[NaH]. The quantitative estimate of drug-likeness (QED) is 0.257. The van der Waals surface area contributed by atoms with Gasteiger partial charge in [0.1, 0.15) is 0 Å². The summed E-state index contributed by atoms with van der Waals surface area (Å²) in [6, 6.07) is 18.0. The monoisotopic (exact) mass is 440 g/mol. The maximum atomic E-state index is 10.6. The van der Waals surface area contributed by atoms with Crippen LogP contribution in [0, 0.1) is 0 Å². The molecule has 0 atom stereocenters. The Kier molecular flexibility index (Phi) is 12.0. The molecule has 0 fully saturated rings. The van der Waals surface area contributed by atoms with Crippen LogP contribution in [0.2, 0.25) is 0 Å². The Labute approximate surface area is 183 Å². The molecule has 0 bridgehead atoms. The molecule has 2 rings (SSSR count). The van der Waals surface area contributed by atoms with Gasteiger partial charge in [-0.25, -0.2) is 13.9 Å². The second-order valence-electron chi connectivity index (χ2n) is 5.10. The van der Waals surface area contributed by atoms with Crippen LogP contribution in [-0.2, 0) is 24.7 Å². The van der Waals surface area contributed by atoms with Crippen LogP contribution in [0.5, 0.6) is 0 Å². The molecule has 0 aromatic heterocycles. The van der Waals surface area contributed by atoms with Gasteiger partial charge in [0.25, 0.3) is 0 Å². The number of carboxylic acids is 1. The van der Waals surface area contributed by atoms with Crippen LogP contribution in [0.1, 0.15) is 16.7 Å². The molecule has 0 aliphatic carbocycles. The van der Waals surface area contributed by atoms with E-state index in [2.05, 4.69) is 16.4 Å². The Morgan fingerprint density at radius 1 is 0.893 bits per heavy atom. The maximum absolute atomic E-state index is 10.6. The van der Waals surface area contributed by atoms with E-state index in [0.717, 1.165) is 17.5 Å². The third-order valence-corrected chi connectivity index (χ3v) is 4.61. The van der Waals surface area contributed by atoms with E-state index in [1.807, 2.05) is 42.5 Å². The first kappa shape index (κ1) is 26.9. The normalized spacial score (nSPS) is 11.3. The Morgan fingerprint density at radius 3 is 1.86 bits per heavy atom. The van der Waals surface area contributed by atoms with Crippen molar-refractivity contribution in [2.24, 2.45) is 0 Å². The van der Waals surface area contributed by atoms with E-state index in [9.17, 15) is 13.9 Å². The molecule has 0 unspecified atom stereocenters. The van der Waals surface area contributed by atoms with Crippen molar-refractivity contribution in [3.63, 3.8) is 0 Å². The summed E-state index contributed by atoms with van der Waals surface area (Å²) in [5, 5.41) is 8.67. The van der Waals surface area contributed by atoms with Crippen LogP contribution >= 0.6 is 15.6 Å². The minimum atomic E-state index is -5.05. The first-order chi connectivity index (χ1) is 12.5. The fourth-order valence-corrected chi connectivity index (χ4v) is 3.08. The molecule has 5 N–H and O–H groups in total. The van der Waals surface area contributed by atoms with Crippen LogP contribution < -0.4 is 0 Å². The van der Waals surface area contributed by atoms with E-state index in [1.165, 1.54) is 11.6 Å². The molecule has 2 aromatic rings. The van der Waals surface area contributed by atoms with Crippen LogP contribution in [0.4, 0.5) is 0 Å². The van der Waals surface area contributed by atoms with Crippen molar-refractivity contribution in [3.05, 3.63) is 77.4 Å². The summed E-state index contributed by atoms with van der Waals surface area (Å²) in [4.78, 5) is 41.6. The van der Waals surface area contributed by atoms with Crippen molar-refractivity contribution >= 4 is 57.2 Å². The van der Waals surface area contributed by atoms with Gasteiger partial charge in [0.2, 0.25) is 0 Å². The topological polar surface area (TPSA) is 162 Å². The molecule has 0 saturated heterocycles. The van der Waals surface area contributed by atoms with Gasteiger partial charge in [-0.2, -0.15) is 4.31 Å². The van der Waals surface area contributed by atoms with Crippen molar-refractivity contribution in [1.82, 2.24) is 0 Å². The van der Waals surface area contributed by atoms with Crippen LogP contribution in [0.15, 0.2) is 60.7 Å². The molecule has 0 saturated carbocycles. The number of benzene rings is 2. The van der Waals surface area contributed by atoms with Crippen molar-refractivity contribution < 1.29 is 42.9 Å². The van der Waals surface area contributed by atoms with E-state index < -0.39 is 21.6 Å². The van der Waals surface area contributed by atoms with Gasteiger partial charge >= 0.3 is 51.2 Å². The molecule has 0 radical (unpaired) electrons. The molecule has 0 aliphatic heterocycles. The number of phosphoric acid groups is 2. The minimum absolute atomic E-state index is 0. The Hall–Kier alpha value is -1.09. The molecule has 9 nitrogen and oxygen atoms in total. The number of aliphatic carboxylic acids is 1. The van der Waals surface area contributed by atoms with Gasteiger partial charge in [0.15, 0.2) is 0 Å². The zero-order valence-electron chi connectivity index (χ0n) is 13.8. The number of hydrogen-bond donors (Lipinski definition) is 5. The predicted molar refractivity (Wildman–Crippen MR) is 105 cm³/mol. The second-order valence-corrected chi connectivity index (χ2v) is 7.71. The van der Waals surface area contributed by atoms with Crippen LogP contribution in [-0.4, -0.2) is 60.2 Å². The molecule has 148 valence electrons. The Bertz CT molecular complexity index is 855. The Balaban J connectivity index is 0.000000627. The third kappa shape index (κ3) is 13.1. The Morgan fingerprint density at radius 2 is 1.39 bits per heavy atom. The molecule has 0 heterocycles. The number of rotatable bonds is 6. The van der Waals surface area contributed by atoms with E-state index in [4.69, 9.17) is 24.7 Å². The summed E-state index contributed by atoms with van der Waals surface area (Å²) < 4.78 is 22.2. The zero-order valence-corrected chi connectivity index (χ0v) is 15.6. The van der Waals surface area contributed by atoms with Gasteiger partial charge < -0.3 is 24.7 Å². The van der Waals surface area contributed by atoms with Crippen LogP contribution in [0.3, 0.4) is 0 Å². The molecule has 0 spiro atoms. The summed E-state index contributed by atoms with van der Waals surface area (Å²) in [6.07, 6.45) is 3.62. The summed E-state index contributed by atoms with van der Waals surface area (Å²) in [5.41, 5.74) is 3.29. The average Bonchev–Trinajstić information content (AvgIpc) is 2.52. The van der Waals surface area contributed by atoms with Gasteiger partial charge in [0, 0.05) is 6.08 Å². The van der Waals surface area contributed by atoms with Gasteiger partial charge in [-0.05, 0) is 29.2 Å². The molecule has 0 amide bonds. The first-order valence-electron chi connectivity index (χ1n) is 7.31. The molecular formula is C16H19NaO9P2. The molecular weight excluding hydrogens is 421 g/mol.